The van der Waals surface area contributed by atoms with Crippen LogP contribution in [0.4, 0.5) is 11.4 Å². The lowest BCUT2D eigenvalue weighted by atomic mass is 10.0. The Bertz CT molecular complexity index is 871. The highest BCUT2D eigenvalue weighted by molar-refractivity contribution is 6.13. The lowest BCUT2D eigenvalue weighted by Gasteiger charge is -2.11. The van der Waals surface area contributed by atoms with Crippen LogP contribution in [0.25, 0.3) is 10.8 Å². The van der Waals surface area contributed by atoms with Crippen LogP contribution in [0, 0.1) is 13.8 Å². The molecule has 22 heavy (non-hydrogen) atoms. The molecular weight excluding hydrogens is 274 g/mol. The minimum Gasteiger partial charge on any atom is -0.398 e. The molecule has 110 valence electrons. The summed E-state index contributed by atoms with van der Waals surface area (Å²) in [4.78, 5) is 16.8. The molecule has 2 aromatic carbocycles. The molecular formula is C18H17N3O. The standard InChI is InChI=1S/C18H17N3O/c1-11-4-3-5-13(10-11)21-18(22)17-16-12(2)6-7-15(19)14(16)8-9-20-17/h3-10H,19H2,1-2H3,(H,21,22). The van der Waals surface area contributed by atoms with E-state index in [1.807, 2.05) is 56.3 Å². The summed E-state index contributed by atoms with van der Waals surface area (Å²) in [7, 11) is 0. The van der Waals surface area contributed by atoms with Crippen molar-refractivity contribution < 1.29 is 4.79 Å². The molecule has 0 radical (unpaired) electrons. The molecule has 0 bridgehead atoms. The number of pyridine rings is 1. The van der Waals surface area contributed by atoms with Gasteiger partial charge in [0.2, 0.25) is 0 Å². The number of benzene rings is 2. The molecule has 1 amide bonds. The van der Waals surface area contributed by atoms with E-state index in [2.05, 4.69) is 10.3 Å². The highest BCUT2D eigenvalue weighted by Crippen LogP contribution is 2.26. The smallest absolute Gasteiger partial charge is 0.274 e. The van der Waals surface area contributed by atoms with E-state index in [1.54, 1.807) is 6.20 Å². The molecule has 3 aromatic rings. The molecule has 3 rings (SSSR count). The predicted octanol–water partition coefficient (Wildman–Crippen LogP) is 3.69. The summed E-state index contributed by atoms with van der Waals surface area (Å²) in [6.07, 6.45) is 1.61. The molecule has 4 nitrogen and oxygen atoms in total. The highest BCUT2D eigenvalue weighted by Gasteiger charge is 2.15. The molecule has 0 fully saturated rings. The van der Waals surface area contributed by atoms with E-state index in [0.29, 0.717) is 11.4 Å². The molecule has 0 aliphatic rings. The predicted molar refractivity (Wildman–Crippen MR) is 90.0 cm³/mol. The molecule has 0 aliphatic carbocycles. The number of anilines is 2. The molecule has 1 aromatic heterocycles. The van der Waals surface area contributed by atoms with Gasteiger partial charge in [0.1, 0.15) is 5.69 Å². The maximum Gasteiger partial charge on any atom is 0.274 e. The summed E-state index contributed by atoms with van der Waals surface area (Å²) in [5.41, 5.74) is 9.87. The normalized spacial score (nSPS) is 10.6. The first-order valence-electron chi connectivity index (χ1n) is 7.08. The van der Waals surface area contributed by atoms with Crippen LogP contribution in [0.3, 0.4) is 0 Å². The molecule has 0 saturated carbocycles. The Kier molecular flexibility index (Phi) is 3.51. The largest absolute Gasteiger partial charge is 0.398 e. The average molecular weight is 291 g/mol. The van der Waals surface area contributed by atoms with Crippen LogP contribution in [0.2, 0.25) is 0 Å². The minimum atomic E-state index is -0.232. The van der Waals surface area contributed by atoms with Crippen molar-refractivity contribution in [1.29, 1.82) is 0 Å². The second-order valence-corrected chi connectivity index (χ2v) is 5.38. The zero-order chi connectivity index (χ0) is 15.7. The Morgan fingerprint density at radius 1 is 1.14 bits per heavy atom. The topological polar surface area (TPSA) is 68.0 Å². The van der Waals surface area contributed by atoms with Gasteiger partial charge >= 0.3 is 0 Å². The zero-order valence-corrected chi connectivity index (χ0v) is 12.6. The summed E-state index contributed by atoms with van der Waals surface area (Å²) >= 11 is 0. The maximum absolute atomic E-state index is 12.6. The van der Waals surface area contributed by atoms with E-state index in [4.69, 9.17) is 5.73 Å². The maximum atomic E-state index is 12.6. The molecule has 3 N–H and O–H groups in total. The van der Waals surface area contributed by atoms with E-state index in [1.165, 1.54) is 0 Å². The van der Waals surface area contributed by atoms with Crippen molar-refractivity contribution in [1.82, 2.24) is 4.98 Å². The van der Waals surface area contributed by atoms with Gasteiger partial charge in [-0.2, -0.15) is 0 Å². The lowest BCUT2D eigenvalue weighted by molar-refractivity contribution is 0.102. The van der Waals surface area contributed by atoms with Gasteiger partial charge in [-0.15, -0.1) is 0 Å². The van der Waals surface area contributed by atoms with Crippen molar-refractivity contribution in [2.75, 3.05) is 11.1 Å². The van der Waals surface area contributed by atoms with Gasteiger partial charge in [0.05, 0.1) is 0 Å². The van der Waals surface area contributed by atoms with Gasteiger partial charge in [0.25, 0.3) is 5.91 Å². The van der Waals surface area contributed by atoms with Gasteiger partial charge in [-0.25, -0.2) is 0 Å². The second kappa shape index (κ2) is 5.48. The van der Waals surface area contributed by atoms with E-state index in [0.717, 1.165) is 27.6 Å². The number of rotatable bonds is 2. The number of aromatic nitrogens is 1. The van der Waals surface area contributed by atoms with Crippen LogP contribution >= 0.6 is 0 Å². The van der Waals surface area contributed by atoms with Crippen LogP contribution in [-0.4, -0.2) is 10.9 Å². The van der Waals surface area contributed by atoms with Crippen LogP contribution in [0.1, 0.15) is 21.6 Å². The Hall–Kier alpha value is -2.88. The molecule has 0 atom stereocenters. The Morgan fingerprint density at radius 3 is 2.73 bits per heavy atom. The lowest BCUT2D eigenvalue weighted by Crippen LogP contribution is -2.14. The number of hydrogen-bond acceptors (Lipinski definition) is 3. The van der Waals surface area contributed by atoms with Crippen LogP contribution < -0.4 is 11.1 Å². The number of nitrogens with zero attached hydrogens (tertiary/aromatic N) is 1. The van der Waals surface area contributed by atoms with E-state index in [-0.39, 0.29) is 5.91 Å². The van der Waals surface area contributed by atoms with Crippen LogP contribution in [0.5, 0.6) is 0 Å². The van der Waals surface area contributed by atoms with E-state index in [9.17, 15) is 4.79 Å². The Balaban J connectivity index is 2.06. The number of amides is 1. The van der Waals surface area contributed by atoms with E-state index >= 15 is 0 Å². The van der Waals surface area contributed by atoms with Crippen molar-refractivity contribution in [2.45, 2.75) is 13.8 Å². The number of carbonyl (C=O) groups excluding carboxylic acids is 1. The first kappa shape index (κ1) is 14.1. The minimum absolute atomic E-state index is 0.232. The molecule has 0 spiro atoms. The monoisotopic (exact) mass is 291 g/mol. The fraction of sp³-hybridized carbons (Fsp3) is 0.111. The van der Waals surface area contributed by atoms with Gasteiger partial charge in [-0.05, 0) is 49.2 Å². The van der Waals surface area contributed by atoms with Gasteiger partial charge in [-0.3, -0.25) is 9.78 Å². The average Bonchev–Trinajstić information content (AvgIpc) is 2.50. The SMILES string of the molecule is Cc1cccc(NC(=O)c2nccc3c(N)ccc(C)c23)c1. The third-order valence-corrected chi connectivity index (χ3v) is 3.66. The molecule has 0 saturated heterocycles. The second-order valence-electron chi connectivity index (χ2n) is 5.38. The summed E-state index contributed by atoms with van der Waals surface area (Å²) < 4.78 is 0. The summed E-state index contributed by atoms with van der Waals surface area (Å²) in [6.45, 7) is 3.93. The van der Waals surface area contributed by atoms with Crippen molar-refractivity contribution >= 4 is 28.1 Å². The van der Waals surface area contributed by atoms with Crippen molar-refractivity contribution in [3.8, 4) is 0 Å². The number of fused-ring (bicyclic) bond motifs is 1. The van der Waals surface area contributed by atoms with Gasteiger partial charge in [0, 0.05) is 28.3 Å². The van der Waals surface area contributed by atoms with E-state index < -0.39 is 0 Å². The molecule has 0 unspecified atom stereocenters. The number of carbonyl (C=O) groups is 1. The van der Waals surface area contributed by atoms with Crippen molar-refractivity contribution in [3.63, 3.8) is 0 Å². The van der Waals surface area contributed by atoms with Gasteiger partial charge in [0.15, 0.2) is 0 Å². The first-order valence-corrected chi connectivity index (χ1v) is 7.08. The number of nitrogen functional groups attached to an aromatic ring is 1. The van der Waals surface area contributed by atoms with Gasteiger partial charge < -0.3 is 11.1 Å². The zero-order valence-electron chi connectivity index (χ0n) is 12.6. The fourth-order valence-corrected chi connectivity index (χ4v) is 2.57. The number of hydrogen-bond donors (Lipinski definition) is 2. The molecule has 0 aliphatic heterocycles. The Morgan fingerprint density at radius 2 is 1.95 bits per heavy atom. The third kappa shape index (κ3) is 2.51. The Labute approximate surface area is 129 Å². The highest BCUT2D eigenvalue weighted by atomic mass is 16.1. The van der Waals surface area contributed by atoms with Gasteiger partial charge in [-0.1, -0.05) is 18.2 Å². The number of aryl methyl sites for hydroxylation is 2. The number of nitrogens with one attached hydrogen (secondary N) is 1. The molecule has 1 heterocycles. The third-order valence-electron chi connectivity index (χ3n) is 3.66. The molecule has 4 heteroatoms. The number of nitrogens with two attached hydrogens (primary N) is 1. The van der Waals surface area contributed by atoms with Crippen LogP contribution in [0.15, 0.2) is 48.7 Å². The summed E-state index contributed by atoms with van der Waals surface area (Å²) in [6, 6.07) is 13.3. The summed E-state index contributed by atoms with van der Waals surface area (Å²) in [5, 5.41) is 4.55. The summed E-state index contributed by atoms with van der Waals surface area (Å²) in [5.74, 6) is -0.232. The van der Waals surface area contributed by atoms with Crippen LogP contribution in [-0.2, 0) is 0 Å². The quantitative estimate of drug-likeness (QED) is 0.708. The van der Waals surface area contributed by atoms with Crippen molar-refractivity contribution in [2.24, 2.45) is 0 Å². The first-order chi connectivity index (χ1) is 10.6. The fourth-order valence-electron chi connectivity index (χ4n) is 2.57. The van der Waals surface area contributed by atoms with Crippen molar-refractivity contribution in [3.05, 3.63) is 65.5 Å².